The summed E-state index contributed by atoms with van der Waals surface area (Å²) in [6.45, 7) is 4.62. The zero-order valence-electron chi connectivity index (χ0n) is 16.2. The number of halogens is 2. The van der Waals surface area contributed by atoms with Crippen LogP contribution < -0.4 is 19.7 Å². The van der Waals surface area contributed by atoms with E-state index < -0.39 is 17.6 Å². The molecular weight excluding hydrogens is 522 g/mol. The van der Waals surface area contributed by atoms with Gasteiger partial charge in [0.25, 0.3) is 11.8 Å². The Morgan fingerprint density at radius 2 is 1.90 bits per heavy atom. The molecular formula is C21H18FIN2O4S. The summed E-state index contributed by atoms with van der Waals surface area (Å²) in [6, 6.07) is 8.91. The number of hydrogen-bond donors (Lipinski definition) is 1. The van der Waals surface area contributed by atoms with E-state index in [1.54, 1.807) is 12.1 Å². The summed E-state index contributed by atoms with van der Waals surface area (Å²) >= 11 is 7.24. The van der Waals surface area contributed by atoms with Gasteiger partial charge < -0.3 is 9.47 Å². The van der Waals surface area contributed by atoms with Crippen molar-refractivity contribution in [3.63, 3.8) is 0 Å². The number of ether oxygens (including phenoxy) is 2. The lowest BCUT2D eigenvalue weighted by Crippen LogP contribution is -2.54. The molecule has 1 aliphatic rings. The van der Waals surface area contributed by atoms with Crippen LogP contribution in [0.15, 0.2) is 42.0 Å². The average molecular weight is 540 g/mol. The van der Waals surface area contributed by atoms with Crippen molar-refractivity contribution < 1.29 is 23.5 Å². The van der Waals surface area contributed by atoms with Crippen molar-refractivity contribution in [2.24, 2.45) is 0 Å². The standard InChI is InChI=1S/C21H18FIN2O4S/c1-3-28-17-10-12(9-16(23)18(17)29-4-2)8-15-19(26)24-21(30)25(20(15)27)14-7-5-6-13(22)11-14/h5-11H,3-4H2,1-2H3,(H,24,26,30)/b15-8+. The molecule has 0 aromatic heterocycles. The minimum Gasteiger partial charge on any atom is -0.490 e. The van der Waals surface area contributed by atoms with Crippen molar-refractivity contribution >= 4 is 63.5 Å². The van der Waals surface area contributed by atoms with E-state index in [9.17, 15) is 14.0 Å². The van der Waals surface area contributed by atoms with E-state index in [1.165, 1.54) is 30.3 Å². The molecule has 1 N–H and O–H groups in total. The summed E-state index contributed by atoms with van der Waals surface area (Å²) in [6.07, 6.45) is 1.45. The summed E-state index contributed by atoms with van der Waals surface area (Å²) in [4.78, 5) is 26.6. The van der Waals surface area contributed by atoms with Gasteiger partial charge in [0.15, 0.2) is 16.6 Å². The number of nitrogens with zero attached hydrogens (tertiary/aromatic N) is 1. The van der Waals surface area contributed by atoms with Crippen LogP contribution in [-0.4, -0.2) is 30.1 Å². The predicted octanol–water partition coefficient (Wildman–Crippen LogP) is 4.06. The zero-order chi connectivity index (χ0) is 21.8. The summed E-state index contributed by atoms with van der Waals surface area (Å²) in [5.41, 5.74) is 0.680. The van der Waals surface area contributed by atoms with Crippen molar-refractivity contribution in [3.05, 3.63) is 56.9 Å². The van der Waals surface area contributed by atoms with Crippen LogP contribution in [-0.2, 0) is 9.59 Å². The molecule has 0 radical (unpaired) electrons. The van der Waals surface area contributed by atoms with E-state index in [-0.39, 0.29) is 16.4 Å². The van der Waals surface area contributed by atoms with Gasteiger partial charge in [-0.05, 0) is 90.6 Å². The largest absolute Gasteiger partial charge is 0.490 e. The maximum atomic E-state index is 13.6. The molecule has 0 atom stereocenters. The van der Waals surface area contributed by atoms with Gasteiger partial charge in [0, 0.05) is 0 Å². The number of rotatable bonds is 6. The lowest BCUT2D eigenvalue weighted by atomic mass is 10.1. The summed E-state index contributed by atoms with van der Waals surface area (Å²) in [5, 5.41) is 2.38. The van der Waals surface area contributed by atoms with E-state index in [1.807, 2.05) is 13.8 Å². The molecule has 1 fully saturated rings. The number of carbonyl (C=O) groups excluding carboxylic acids is 2. The van der Waals surface area contributed by atoms with Crippen LogP contribution in [0.1, 0.15) is 19.4 Å². The van der Waals surface area contributed by atoms with Crippen LogP contribution in [0.3, 0.4) is 0 Å². The van der Waals surface area contributed by atoms with Crippen LogP contribution in [0, 0.1) is 9.39 Å². The topological polar surface area (TPSA) is 67.9 Å². The predicted molar refractivity (Wildman–Crippen MR) is 124 cm³/mol. The third-order valence-corrected chi connectivity index (χ3v) is 5.19. The highest BCUT2D eigenvalue weighted by atomic mass is 127. The molecule has 1 aliphatic heterocycles. The Morgan fingerprint density at radius 3 is 2.57 bits per heavy atom. The SMILES string of the molecule is CCOc1cc(/C=C2\C(=O)NC(=S)N(c3cccc(F)c3)C2=O)cc(I)c1OCC. The molecule has 0 unspecified atom stereocenters. The van der Waals surface area contributed by atoms with Crippen molar-refractivity contribution in [1.82, 2.24) is 5.32 Å². The van der Waals surface area contributed by atoms with Crippen LogP contribution >= 0.6 is 34.8 Å². The molecule has 0 bridgehead atoms. The van der Waals surface area contributed by atoms with Crippen molar-refractivity contribution in [3.8, 4) is 11.5 Å². The minimum absolute atomic E-state index is 0.107. The molecule has 1 saturated heterocycles. The lowest BCUT2D eigenvalue weighted by molar-refractivity contribution is -0.122. The van der Waals surface area contributed by atoms with Gasteiger partial charge in [-0.15, -0.1) is 0 Å². The van der Waals surface area contributed by atoms with Crippen molar-refractivity contribution in [1.29, 1.82) is 0 Å². The van der Waals surface area contributed by atoms with Gasteiger partial charge in [-0.1, -0.05) is 6.07 Å². The molecule has 2 aromatic carbocycles. The second-order valence-electron chi connectivity index (χ2n) is 6.13. The zero-order valence-corrected chi connectivity index (χ0v) is 19.2. The Hall–Kier alpha value is -2.53. The summed E-state index contributed by atoms with van der Waals surface area (Å²) < 4.78 is 25.7. The highest BCUT2D eigenvalue weighted by molar-refractivity contribution is 14.1. The number of hydrogen-bond acceptors (Lipinski definition) is 5. The second-order valence-corrected chi connectivity index (χ2v) is 7.68. The van der Waals surface area contributed by atoms with E-state index in [0.29, 0.717) is 30.3 Å². The fourth-order valence-electron chi connectivity index (χ4n) is 2.89. The molecule has 0 aliphatic carbocycles. The summed E-state index contributed by atoms with van der Waals surface area (Å²) in [7, 11) is 0. The summed E-state index contributed by atoms with van der Waals surface area (Å²) in [5.74, 6) is -0.674. The van der Waals surface area contributed by atoms with Gasteiger partial charge in [0.05, 0.1) is 22.5 Å². The van der Waals surface area contributed by atoms with Gasteiger partial charge in [-0.25, -0.2) is 4.39 Å². The van der Waals surface area contributed by atoms with Gasteiger partial charge in [-0.2, -0.15) is 0 Å². The maximum absolute atomic E-state index is 13.6. The Labute approximate surface area is 192 Å². The first-order chi connectivity index (χ1) is 14.3. The lowest BCUT2D eigenvalue weighted by Gasteiger charge is -2.29. The Balaban J connectivity index is 2.04. The molecule has 1 heterocycles. The molecule has 2 aromatic rings. The minimum atomic E-state index is -0.642. The number of anilines is 1. The fraction of sp³-hybridized carbons (Fsp3) is 0.190. The molecule has 0 saturated carbocycles. The highest BCUT2D eigenvalue weighted by Crippen LogP contribution is 2.35. The van der Waals surface area contributed by atoms with Crippen LogP contribution in [0.25, 0.3) is 6.08 Å². The normalized spacial score (nSPS) is 15.4. The smallest absolute Gasteiger partial charge is 0.270 e. The molecule has 6 nitrogen and oxygen atoms in total. The van der Waals surface area contributed by atoms with Crippen LogP contribution in [0.5, 0.6) is 11.5 Å². The third kappa shape index (κ3) is 4.62. The number of benzene rings is 2. The van der Waals surface area contributed by atoms with E-state index in [2.05, 4.69) is 27.9 Å². The number of carbonyl (C=O) groups is 2. The van der Waals surface area contributed by atoms with Crippen molar-refractivity contribution in [2.75, 3.05) is 18.1 Å². The first-order valence-corrected chi connectivity index (χ1v) is 10.6. The quantitative estimate of drug-likeness (QED) is 0.259. The van der Waals surface area contributed by atoms with E-state index >= 15 is 0 Å². The first-order valence-electron chi connectivity index (χ1n) is 9.11. The van der Waals surface area contributed by atoms with Crippen LogP contribution in [0.2, 0.25) is 0 Å². The third-order valence-electron chi connectivity index (χ3n) is 4.10. The monoisotopic (exact) mass is 540 g/mol. The number of amides is 2. The van der Waals surface area contributed by atoms with Crippen molar-refractivity contribution in [2.45, 2.75) is 13.8 Å². The number of nitrogens with one attached hydrogen (secondary N) is 1. The van der Waals surface area contributed by atoms with Crippen LogP contribution in [0.4, 0.5) is 10.1 Å². The molecule has 9 heteroatoms. The molecule has 2 amide bonds. The Bertz CT molecular complexity index is 1060. The van der Waals surface area contributed by atoms with Gasteiger partial charge in [-0.3, -0.25) is 19.8 Å². The molecule has 30 heavy (non-hydrogen) atoms. The van der Waals surface area contributed by atoms with E-state index in [0.717, 1.165) is 8.47 Å². The average Bonchev–Trinajstić information content (AvgIpc) is 2.68. The van der Waals surface area contributed by atoms with Gasteiger partial charge >= 0.3 is 0 Å². The Kier molecular flexibility index (Phi) is 7.03. The Morgan fingerprint density at radius 1 is 1.17 bits per heavy atom. The van der Waals surface area contributed by atoms with Gasteiger partial charge in [0.2, 0.25) is 0 Å². The first kappa shape index (κ1) is 22.2. The highest BCUT2D eigenvalue weighted by Gasteiger charge is 2.34. The van der Waals surface area contributed by atoms with E-state index in [4.69, 9.17) is 21.7 Å². The number of thiocarbonyl (C=S) groups is 1. The molecule has 3 rings (SSSR count). The molecule has 156 valence electrons. The fourth-order valence-corrected chi connectivity index (χ4v) is 3.95. The second kappa shape index (κ2) is 9.52. The molecule has 0 spiro atoms. The maximum Gasteiger partial charge on any atom is 0.270 e. The van der Waals surface area contributed by atoms with Gasteiger partial charge in [0.1, 0.15) is 11.4 Å².